The molecule has 1 amide bonds. The van der Waals surface area contributed by atoms with Crippen molar-refractivity contribution < 1.29 is 9.53 Å². The minimum absolute atomic E-state index is 0.0334. The van der Waals surface area contributed by atoms with Crippen LogP contribution >= 0.6 is 0 Å². The first-order valence-electron chi connectivity index (χ1n) is 8.71. The molecule has 0 aliphatic heterocycles. The van der Waals surface area contributed by atoms with Crippen molar-refractivity contribution in [2.45, 2.75) is 40.2 Å². The Labute approximate surface area is 155 Å². The van der Waals surface area contributed by atoms with Crippen molar-refractivity contribution in [1.82, 2.24) is 0 Å². The van der Waals surface area contributed by atoms with Gasteiger partial charge in [-0.2, -0.15) is 5.26 Å². The molecule has 0 spiro atoms. The maximum absolute atomic E-state index is 12.6. The van der Waals surface area contributed by atoms with Crippen LogP contribution in [0.1, 0.15) is 37.0 Å². The van der Waals surface area contributed by atoms with Gasteiger partial charge in [-0.05, 0) is 56.5 Å². The summed E-state index contributed by atoms with van der Waals surface area (Å²) < 4.78 is 5.89. The summed E-state index contributed by atoms with van der Waals surface area (Å²) in [7, 11) is 0. The van der Waals surface area contributed by atoms with Crippen LogP contribution in [0.4, 0.5) is 5.69 Å². The minimum Gasteiger partial charge on any atom is -0.490 e. The van der Waals surface area contributed by atoms with Gasteiger partial charge in [-0.3, -0.25) is 4.79 Å². The number of amides is 1. The first kappa shape index (κ1) is 19.3. The summed E-state index contributed by atoms with van der Waals surface area (Å²) in [5, 5.41) is 12.3. The van der Waals surface area contributed by atoms with Gasteiger partial charge in [0.15, 0.2) is 0 Å². The van der Waals surface area contributed by atoms with E-state index in [1.54, 1.807) is 6.08 Å². The van der Waals surface area contributed by atoms with Crippen LogP contribution in [0.25, 0.3) is 6.08 Å². The highest BCUT2D eigenvalue weighted by atomic mass is 16.5. The minimum atomic E-state index is -0.431. The van der Waals surface area contributed by atoms with E-state index >= 15 is 0 Å². The van der Waals surface area contributed by atoms with Gasteiger partial charge < -0.3 is 10.1 Å². The Morgan fingerprint density at radius 2 is 1.96 bits per heavy atom. The average Bonchev–Trinajstić information content (AvgIpc) is 2.64. The van der Waals surface area contributed by atoms with Gasteiger partial charge in [0, 0.05) is 11.3 Å². The predicted octanol–water partition coefficient (Wildman–Crippen LogP) is 5.03. The largest absolute Gasteiger partial charge is 0.490 e. The third kappa shape index (κ3) is 4.73. The zero-order valence-corrected chi connectivity index (χ0v) is 15.7. The van der Waals surface area contributed by atoms with Crippen molar-refractivity contribution in [1.29, 1.82) is 5.26 Å². The third-order valence-corrected chi connectivity index (χ3v) is 4.34. The standard InChI is InChI=1S/C22H24N2O2/c1-5-16(3)26-21-12-7-6-10-18(21)13-19(14-23)22(25)24-20-11-8-9-15(2)17(20)4/h6-13,16H,5H2,1-4H3,(H,24,25)/b19-13+/t16-/m0/s1. The lowest BCUT2D eigenvalue weighted by molar-refractivity contribution is -0.112. The Morgan fingerprint density at radius 3 is 2.65 bits per heavy atom. The molecule has 134 valence electrons. The molecule has 0 radical (unpaired) electrons. The van der Waals surface area contributed by atoms with E-state index in [2.05, 4.69) is 5.32 Å². The Kier molecular flexibility index (Phi) is 6.57. The Bertz CT molecular complexity index is 863. The molecule has 1 N–H and O–H groups in total. The fourth-order valence-electron chi connectivity index (χ4n) is 2.39. The number of nitrogens with one attached hydrogen (secondary N) is 1. The number of para-hydroxylation sites is 1. The van der Waals surface area contributed by atoms with E-state index in [1.165, 1.54) is 0 Å². The van der Waals surface area contributed by atoms with E-state index < -0.39 is 5.91 Å². The maximum atomic E-state index is 12.6. The molecule has 26 heavy (non-hydrogen) atoms. The molecule has 4 heteroatoms. The normalized spacial score (nSPS) is 12.2. The number of hydrogen-bond donors (Lipinski definition) is 1. The van der Waals surface area contributed by atoms with Gasteiger partial charge in [0.05, 0.1) is 6.10 Å². The highest BCUT2D eigenvalue weighted by molar-refractivity contribution is 6.10. The second kappa shape index (κ2) is 8.87. The first-order valence-corrected chi connectivity index (χ1v) is 8.71. The Balaban J connectivity index is 2.29. The van der Waals surface area contributed by atoms with Crippen LogP contribution in [0, 0.1) is 25.2 Å². The van der Waals surface area contributed by atoms with Crippen LogP contribution in [0.2, 0.25) is 0 Å². The van der Waals surface area contributed by atoms with Crippen LogP contribution in [0.3, 0.4) is 0 Å². The molecule has 0 fully saturated rings. The van der Waals surface area contributed by atoms with Crippen molar-refractivity contribution in [2.24, 2.45) is 0 Å². The molecular weight excluding hydrogens is 324 g/mol. The topological polar surface area (TPSA) is 62.1 Å². The van der Waals surface area contributed by atoms with Crippen LogP contribution < -0.4 is 10.1 Å². The van der Waals surface area contributed by atoms with E-state index in [0.717, 1.165) is 17.5 Å². The number of carbonyl (C=O) groups excluding carboxylic acids is 1. The molecule has 0 aliphatic carbocycles. The summed E-state index contributed by atoms with van der Waals surface area (Å²) >= 11 is 0. The number of benzene rings is 2. The summed E-state index contributed by atoms with van der Waals surface area (Å²) in [4.78, 5) is 12.6. The molecule has 0 bridgehead atoms. The van der Waals surface area contributed by atoms with Gasteiger partial charge in [-0.15, -0.1) is 0 Å². The van der Waals surface area contributed by atoms with Crippen LogP contribution in [0.5, 0.6) is 5.75 Å². The van der Waals surface area contributed by atoms with Crippen LogP contribution in [-0.2, 0) is 4.79 Å². The number of carbonyl (C=O) groups is 1. The molecule has 4 nitrogen and oxygen atoms in total. The van der Waals surface area contributed by atoms with Gasteiger partial charge in [0.1, 0.15) is 17.4 Å². The second-order valence-corrected chi connectivity index (χ2v) is 6.25. The summed E-state index contributed by atoms with van der Waals surface area (Å²) in [6, 6.07) is 15.1. The second-order valence-electron chi connectivity index (χ2n) is 6.25. The molecule has 0 aromatic heterocycles. The van der Waals surface area contributed by atoms with Gasteiger partial charge in [-0.25, -0.2) is 0 Å². The number of ether oxygens (including phenoxy) is 1. The molecule has 2 aromatic rings. The third-order valence-electron chi connectivity index (χ3n) is 4.34. The Hall–Kier alpha value is -3.06. The van der Waals surface area contributed by atoms with Crippen molar-refractivity contribution in [3.8, 4) is 11.8 Å². The van der Waals surface area contributed by atoms with E-state index in [-0.39, 0.29) is 11.7 Å². The van der Waals surface area contributed by atoms with Crippen molar-refractivity contribution >= 4 is 17.7 Å². The molecule has 1 atom stereocenters. The quantitative estimate of drug-likeness (QED) is 0.588. The fraction of sp³-hybridized carbons (Fsp3) is 0.273. The first-order chi connectivity index (χ1) is 12.5. The molecule has 2 aromatic carbocycles. The lowest BCUT2D eigenvalue weighted by Crippen LogP contribution is -2.15. The average molecular weight is 348 g/mol. The highest BCUT2D eigenvalue weighted by Crippen LogP contribution is 2.24. The lowest BCUT2D eigenvalue weighted by Gasteiger charge is -2.15. The maximum Gasteiger partial charge on any atom is 0.266 e. The number of hydrogen-bond acceptors (Lipinski definition) is 3. The molecule has 0 saturated carbocycles. The van der Waals surface area contributed by atoms with E-state index in [0.29, 0.717) is 17.0 Å². The summed E-state index contributed by atoms with van der Waals surface area (Å²) in [6.45, 7) is 7.95. The number of anilines is 1. The monoisotopic (exact) mass is 348 g/mol. The van der Waals surface area contributed by atoms with Gasteiger partial charge in [0.2, 0.25) is 0 Å². The van der Waals surface area contributed by atoms with Crippen molar-refractivity contribution in [2.75, 3.05) is 5.32 Å². The number of nitriles is 1. The van der Waals surface area contributed by atoms with Crippen molar-refractivity contribution in [3.63, 3.8) is 0 Å². The lowest BCUT2D eigenvalue weighted by atomic mass is 10.1. The number of nitrogens with zero attached hydrogens (tertiary/aromatic N) is 1. The molecular formula is C22H24N2O2. The SMILES string of the molecule is CC[C@H](C)Oc1ccccc1/C=C(\C#N)C(=O)Nc1cccc(C)c1C. The van der Waals surface area contributed by atoms with E-state index in [4.69, 9.17) is 4.74 Å². The summed E-state index contributed by atoms with van der Waals surface area (Å²) in [6.07, 6.45) is 2.49. The highest BCUT2D eigenvalue weighted by Gasteiger charge is 2.13. The number of rotatable bonds is 6. The molecule has 0 unspecified atom stereocenters. The van der Waals surface area contributed by atoms with E-state index in [9.17, 15) is 10.1 Å². The summed E-state index contributed by atoms with van der Waals surface area (Å²) in [5.74, 6) is 0.230. The van der Waals surface area contributed by atoms with Crippen LogP contribution in [-0.4, -0.2) is 12.0 Å². The fourth-order valence-corrected chi connectivity index (χ4v) is 2.39. The molecule has 2 rings (SSSR count). The van der Waals surface area contributed by atoms with Crippen LogP contribution in [0.15, 0.2) is 48.0 Å². The molecule has 0 aliphatic rings. The van der Waals surface area contributed by atoms with Gasteiger partial charge in [-0.1, -0.05) is 37.3 Å². The zero-order valence-electron chi connectivity index (χ0n) is 15.7. The zero-order chi connectivity index (χ0) is 19.1. The van der Waals surface area contributed by atoms with E-state index in [1.807, 2.05) is 76.2 Å². The van der Waals surface area contributed by atoms with Crippen molar-refractivity contribution in [3.05, 3.63) is 64.7 Å². The molecule has 0 heterocycles. The Morgan fingerprint density at radius 1 is 1.23 bits per heavy atom. The molecule has 0 saturated heterocycles. The summed E-state index contributed by atoms with van der Waals surface area (Å²) in [5.41, 5.74) is 3.52. The van der Waals surface area contributed by atoms with Gasteiger partial charge >= 0.3 is 0 Å². The van der Waals surface area contributed by atoms with Gasteiger partial charge in [0.25, 0.3) is 5.91 Å². The smallest absolute Gasteiger partial charge is 0.266 e. The number of aryl methyl sites for hydroxylation is 1. The predicted molar refractivity (Wildman–Crippen MR) is 105 cm³/mol.